The molecule has 1 atom stereocenters. The second kappa shape index (κ2) is 3.34. The monoisotopic (exact) mass is 193 g/mol. The Morgan fingerprint density at radius 3 is 3.21 bits per heavy atom. The molecule has 0 fully saturated rings. The first kappa shape index (κ1) is 9.08. The Morgan fingerprint density at radius 1 is 1.71 bits per heavy atom. The number of nitrogens with one attached hydrogen (secondary N) is 1. The van der Waals surface area contributed by atoms with Gasteiger partial charge in [0.15, 0.2) is 0 Å². The van der Waals surface area contributed by atoms with E-state index in [2.05, 4.69) is 17.2 Å². The summed E-state index contributed by atoms with van der Waals surface area (Å²) < 4.78 is 0. The number of hydrogen-bond donors (Lipinski definition) is 1. The minimum absolute atomic E-state index is 0.0691. The summed E-state index contributed by atoms with van der Waals surface area (Å²) in [5, 5.41) is 13.7. The van der Waals surface area contributed by atoms with E-state index >= 15 is 0 Å². The molecule has 0 spiro atoms. The zero-order valence-electron chi connectivity index (χ0n) is 7.86. The van der Waals surface area contributed by atoms with Crippen molar-refractivity contribution in [3.05, 3.63) is 33.6 Å². The lowest BCUT2D eigenvalue weighted by atomic mass is 9.98. The first-order chi connectivity index (χ1) is 6.68. The van der Waals surface area contributed by atoms with E-state index in [1.165, 1.54) is 6.20 Å². The summed E-state index contributed by atoms with van der Waals surface area (Å²) in [5.41, 5.74) is 1.99. The minimum atomic E-state index is -0.410. The van der Waals surface area contributed by atoms with Crippen LogP contribution in [0.15, 0.2) is 12.3 Å². The molecule has 2 heterocycles. The molecule has 5 nitrogen and oxygen atoms in total. The molecule has 0 amide bonds. The van der Waals surface area contributed by atoms with Crippen LogP contribution in [0, 0.1) is 10.1 Å². The van der Waals surface area contributed by atoms with Crippen molar-refractivity contribution in [2.45, 2.75) is 19.4 Å². The van der Waals surface area contributed by atoms with Crippen LogP contribution in [0.3, 0.4) is 0 Å². The van der Waals surface area contributed by atoms with Crippen LogP contribution in [0.4, 0.5) is 5.69 Å². The van der Waals surface area contributed by atoms with Gasteiger partial charge in [0.25, 0.3) is 5.69 Å². The first-order valence-electron chi connectivity index (χ1n) is 4.52. The van der Waals surface area contributed by atoms with Crippen LogP contribution in [0.2, 0.25) is 0 Å². The van der Waals surface area contributed by atoms with E-state index in [-0.39, 0.29) is 5.69 Å². The molecule has 1 aliphatic heterocycles. The average Bonchev–Trinajstić information content (AvgIpc) is 2.17. The van der Waals surface area contributed by atoms with Gasteiger partial charge in [-0.3, -0.25) is 15.1 Å². The van der Waals surface area contributed by atoms with Gasteiger partial charge in [-0.2, -0.15) is 0 Å². The summed E-state index contributed by atoms with van der Waals surface area (Å²) in [6.45, 7) is 3.62. The maximum atomic E-state index is 10.5. The molecule has 5 heteroatoms. The second-order valence-electron chi connectivity index (χ2n) is 3.53. The standard InChI is InChI=1S/C9H11N3O2/c1-6-3-10-4-7-2-8(12(13)14)5-11-9(6)7/h2,5-6,10H,3-4H2,1H3. The molecule has 1 aliphatic rings. The lowest BCUT2D eigenvalue weighted by Crippen LogP contribution is -2.27. The van der Waals surface area contributed by atoms with Crippen LogP contribution in [0.1, 0.15) is 24.1 Å². The molecule has 1 aromatic heterocycles. The number of nitro groups is 1. The van der Waals surface area contributed by atoms with Gasteiger partial charge in [0.2, 0.25) is 0 Å². The van der Waals surface area contributed by atoms with Crippen LogP contribution >= 0.6 is 0 Å². The average molecular weight is 193 g/mol. The highest BCUT2D eigenvalue weighted by Gasteiger charge is 2.19. The fraction of sp³-hybridized carbons (Fsp3) is 0.444. The lowest BCUT2D eigenvalue weighted by Gasteiger charge is -2.21. The van der Waals surface area contributed by atoms with Crippen molar-refractivity contribution < 1.29 is 4.92 Å². The normalized spacial score (nSPS) is 20.2. The Kier molecular flexibility index (Phi) is 2.17. The van der Waals surface area contributed by atoms with Gasteiger partial charge in [-0.05, 0) is 5.56 Å². The molecule has 1 N–H and O–H groups in total. The molecule has 0 saturated heterocycles. The summed E-state index contributed by atoms with van der Waals surface area (Å²) in [5.74, 6) is 0.333. The second-order valence-corrected chi connectivity index (χ2v) is 3.53. The van der Waals surface area contributed by atoms with Gasteiger partial charge < -0.3 is 5.32 Å². The third-order valence-electron chi connectivity index (χ3n) is 2.43. The third-order valence-corrected chi connectivity index (χ3v) is 2.43. The maximum Gasteiger partial charge on any atom is 0.287 e. The van der Waals surface area contributed by atoms with Crippen LogP contribution in [-0.2, 0) is 6.54 Å². The summed E-state index contributed by atoms with van der Waals surface area (Å²) in [4.78, 5) is 14.2. The van der Waals surface area contributed by atoms with Gasteiger partial charge >= 0.3 is 0 Å². The summed E-state index contributed by atoms with van der Waals surface area (Å²) in [6.07, 6.45) is 1.33. The van der Waals surface area contributed by atoms with E-state index in [0.717, 1.165) is 17.8 Å². The number of nitrogens with zero attached hydrogens (tertiary/aromatic N) is 2. The Bertz CT molecular complexity index is 378. The van der Waals surface area contributed by atoms with E-state index in [0.29, 0.717) is 12.5 Å². The lowest BCUT2D eigenvalue weighted by molar-refractivity contribution is -0.385. The number of rotatable bonds is 1. The predicted molar refractivity (Wildman–Crippen MR) is 51.0 cm³/mol. The Morgan fingerprint density at radius 2 is 2.50 bits per heavy atom. The van der Waals surface area contributed by atoms with Gasteiger partial charge in [0, 0.05) is 30.8 Å². The number of aromatic nitrogens is 1. The van der Waals surface area contributed by atoms with E-state index in [9.17, 15) is 10.1 Å². The largest absolute Gasteiger partial charge is 0.312 e. The highest BCUT2D eigenvalue weighted by atomic mass is 16.6. The van der Waals surface area contributed by atoms with Crippen LogP contribution < -0.4 is 5.32 Å². The minimum Gasteiger partial charge on any atom is -0.312 e. The van der Waals surface area contributed by atoms with Gasteiger partial charge in [-0.15, -0.1) is 0 Å². The highest BCUT2D eigenvalue weighted by molar-refractivity contribution is 5.36. The Hall–Kier alpha value is -1.49. The first-order valence-corrected chi connectivity index (χ1v) is 4.52. The van der Waals surface area contributed by atoms with Crippen LogP contribution in [-0.4, -0.2) is 16.5 Å². The highest BCUT2D eigenvalue weighted by Crippen LogP contribution is 2.24. The molecular weight excluding hydrogens is 182 g/mol. The Balaban J connectivity index is 2.44. The topological polar surface area (TPSA) is 68.1 Å². The van der Waals surface area contributed by atoms with E-state index in [1.54, 1.807) is 6.07 Å². The molecule has 0 radical (unpaired) electrons. The predicted octanol–water partition coefficient (Wildman–Crippen LogP) is 1.20. The van der Waals surface area contributed by atoms with Crippen LogP contribution in [0.25, 0.3) is 0 Å². The van der Waals surface area contributed by atoms with Crippen molar-refractivity contribution in [3.63, 3.8) is 0 Å². The molecule has 14 heavy (non-hydrogen) atoms. The number of hydrogen-bond acceptors (Lipinski definition) is 4. The molecule has 1 unspecified atom stereocenters. The molecule has 0 aliphatic carbocycles. The smallest absolute Gasteiger partial charge is 0.287 e. The van der Waals surface area contributed by atoms with E-state index in [1.807, 2.05) is 0 Å². The molecule has 2 rings (SSSR count). The molecule has 1 aromatic rings. The molecule has 74 valence electrons. The van der Waals surface area contributed by atoms with E-state index < -0.39 is 4.92 Å². The summed E-state index contributed by atoms with van der Waals surface area (Å²) in [6, 6.07) is 1.60. The summed E-state index contributed by atoms with van der Waals surface area (Å²) in [7, 11) is 0. The number of pyridine rings is 1. The molecule has 0 aromatic carbocycles. The van der Waals surface area contributed by atoms with Crippen molar-refractivity contribution in [3.8, 4) is 0 Å². The quantitative estimate of drug-likeness (QED) is 0.537. The zero-order chi connectivity index (χ0) is 10.1. The third kappa shape index (κ3) is 1.46. The fourth-order valence-corrected chi connectivity index (χ4v) is 1.71. The Labute approximate surface area is 81.3 Å². The maximum absolute atomic E-state index is 10.5. The van der Waals surface area contributed by atoms with Crippen molar-refractivity contribution in [1.29, 1.82) is 0 Å². The fourth-order valence-electron chi connectivity index (χ4n) is 1.71. The van der Waals surface area contributed by atoms with Gasteiger partial charge in [0.05, 0.1) is 4.92 Å². The van der Waals surface area contributed by atoms with Gasteiger partial charge in [-0.1, -0.05) is 6.92 Å². The van der Waals surface area contributed by atoms with Gasteiger partial charge in [0.1, 0.15) is 6.20 Å². The molecule has 0 bridgehead atoms. The van der Waals surface area contributed by atoms with Crippen molar-refractivity contribution in [1.82, 2.24) is 10.3 Å². The van der Waals surface area contributed by atoms with Crippen molar-refractivity contribution >= 4 is 5.69 Å². The SMILES string of the molecule is CC1CNCc2cc([N+](=O)[O-])cnc21. The molecule has 0 saturated carbocycles. The van der Waals surface area contributed by atoms with Gasteiger partial charge in [-0.25, -0.2) is 0 Å². The van der Waals surface area contributed by atoms with Crippen molar-refractivity contribution in [2.75, 3.05) is 6.54 Å². The van der Waals surface area contributed by atoms with Crippen LogP contribution in [0.5, 0.6) is 0 Å². The number of fused-ring (bicyclic) bond motifs is 1. The van der Waals surface area contributed by atoms with E-state index in [4.69, 9.17) is 0 Å². The zero-order valence-corrected chi connectivity index (χ0v) is 7.86. The summed E-state index contributed by atoms with van der Waals surface area (Å²) >= 11 is 0. The van der Waals surface area contributed by atoms with Crippen molar-refractivity contribution in [2.24, 2.45) is 0 Å². The molecular formula is C9H11N3O2.